The summed E-state index contributed by atoms with van der Waals surface area (Å²) in [6.07, 6.45) is 9.07. The van der Waals surface area contributed by atoms with E-state index >= 15 is 0 Å². The second-order valence-electron chi connectivity index (χ2n) is 26.3. The van der Waals surface area contributed by atoms with Crippen molar-refractivity contribution in [2.24, 2.45) is 0 Å². The van der Waals surface area contributed by atoms with Crippen LogP contribution in [0.5, 0.6) is 0 Å². The van der Waals surface area contributed by atoms with E-state index in [9.17, 15) is 0 Å². The summed E-state index contributed by atoms with van der Waals surface area (Å²) in [5.41, 5.74) is 26.8. The number of hydrogen-bond acceptors (Lipinski definition) is 3. The molecule has 0 spiro atoms. The van der Waals surface area contributed by atoms with E-state index in [0.717, 1.165) is 48.2 Å². The van der Waals surface area contributed by atoms with Gasteiger partial charge >= 0.3 is 0 Å². The second-order valence-corrected chi connectivity index (χ2v) is 26.3. The Morgan fingerprint density at radius 3 is 1.71 bits per heavy atom. The number of nitrogens with zero attached hydrogens (tertiary/aromatic N) is 2. The second kappa shape index (κ2) is 12.8. The van der Waals surface area contributed by atoms with E-state index in [2.05, 4.69) is 193 Å². The van der Waals surface area contributed by atoms with Crippen molar-refractivity contribution >= 4 is 74.5 Å². The first-order valence-electron chi connectivity index (χ1n) is 25.3. The van der Waals surface area contributed by atoms with Crippen molar-refractivity contribution in [2.45, 2.75) is 180 Å². The van der Waals surface area contributed by atoms with Crippen LogP contribution in [0.2, 0.25) is 0 Å². The largest absolute Gasteiger partial charge is 0.468 e. The maximum atomic E-state index is 7.66. The molecule has 4 heterocycles. The van der Waals surface area contributed by atoms with Crippen molar-refractivity contribution in [3.05, 3.63) is 129 Å². The van der Waals surface area contributed by atoms with E-state index in [1.807, 2.05) is 0 Å². The maximum absolute atomic E-state index is 7.66. The monoisotopic (exact) mass is 871 g/mol. The Kier molecular flexibility index (Phi) is 8.20. The van der Waals surface area contributed by atoms with Crippen molar-refractivity contribution in [3.8, 4) is 0 Å². The smallest absolute Gasteiger partial charge is 0.297 e. The molecular formula is C62H71BN2O. The summed E-state index contributed by atoms with van der Waals surface area (Å²) in [6, 6.07) is 27.5. The number of hydrogen-bond donors (Lipinski definition) is 0. The highest BCUT2D eigenvalue weighted by molar-refractivity contribution is 7.00. The molecule has 0 saturated carbocycles. The third-order valence-corrected chi connectivity index (χ3v) is 18.6. The normalized spacial score (nSPS) is 22.7. The molecule has 0 amide bonds. The molecule has 1 atom stereocenters. The fourth-order valence-corrected chi connectivity index (χ4v) is 14.1. The summed E-state index contributed by atoms with van der Waals surface area (Å²) >= 11 is 0. The van der Waals surface area contributed by atoms with Gasteiger partial charge in [0.05, 0.1) is 22.7 Å². The lowest BCUT2D eigenvalue weighted by Gasteiger charge is -2.55. The van der Waals surface area contributed by atoms with Crippen LogP contribution in [-0.4, -0.2) is 6.71 Å². The van der Waals surface area contributed by atoms with Gasteiger partial charge in [-0.1, -0.05) is 134 Å². The molecule has 6 aromatic rings. The maximum Gasteiger partial charge on any atom is 0.297 e. The van der Waals surface area contributed by atoms with Crippen LogP contribution in [0.15, 0.2) is 77.7 Å². The average molecular weight is 871 g/mol. The predicted octanol–water partition coefficient (Wildman–Crippen LogP) is 15.2. The van der Waals surface area contributed by atoms with Crippen molar-refractivity contribution in [1.29, 1.82) is 0 Å². The molecule has 1 aromatic heterocycles. The van der Waals surface area contributed by atoms with Crippen molar-refractivity contribution in [2.75, 3.05) is 9.80 Å². The lowest BCUT2D eigenvalue weighted by molar-refractivity contribution is 0.327. The molecule has 12 rings (SSSR count). The van der Waals surface area contributed by atoms with Crippen LogP contribution < -0.4 is 26.4 Å². The minimum Gasteiger partial charge on any atom is -0.468 e. The molecule has 0 fully saturated rings. The molecule has 66 heavy (non-hydrogen) atoms. The number of furan rings is 1. The summed E-state index contributed by atoms with van der Waals surface area (Å²) in [4.78, 5) is 5.36. The summed E-state index contributed by atoms with van der Waals surface area (Å²) in [5.74, 6) is 0. The van der Waals surface area contributed by atoms with Crippen LogP contribution in [0.4, 0.5) is 34.1 Å². The highest BCUT2D eigenvalue weighted by atomic mass is 16.3. The Morgan fingerprint density at radius 2 is 1.11 bits per heavy atom. The number of aryl methyl sites for hydroxylation is 1. The lowest BCUT2D eigenvalue weighted by atomic mass is 9.34. The highest BCUT2D eigenvalue weighted by Crippen LogP contribution is 2.63. The van der Waals surface area contributed by atoms with Gasteiger partial charge in [-0.05, 0) is 187 Å². The molecule has 1 unspecified atom stereocenters. The highest BCUT2D eigenvalue weighted by Gasteiger charge is 2.55. The topological polar surface area (TPSA) is 19.6 Å². The van der Waals surface area contributed by atoms with Gasteiger partial charge in [-0.3, -0.25) is 0 Å². The predicted molar refractivity (Wildman–Crippen MR) is 283 cm³/mol. The molecule has 0 radical (unpaired) electrons. The lowest BCUT2D eigenvalue weighted by Crippen LogP contribution is -2.62. The quantitative estimate of drug-likeness (QED) is 0.161. The third-order valence-electron chi connectivity index (χ3n) is 18.6. The van der Waals surface area contributed by atoms with Gasteiger partial charge in [-0.2, -0.15) is 0 Å². The Hall–Kier alpha value is -4.96. The van der Waals surface area contributed by atoms with Crippen molar-refractivity contribution < 1.29 is 4.42 Å². The molecule has 3 aliphatic carbocycles. The summed E-state index contributed by atoms with van der Waals surface area (Å²) < 4.78 is 7.66. The molecule has 0 bridgehead atoms. The molecule has 6 aliphatic rings. The van der Waals surface area contributed by atoms with Crippen LogP contribution in [0, 0.1) is 6.92 Å². The number of anilines is 6. The summed E-state index contributed by atoms with van der Waals surface area (Å²) in [6.45, 7) is 41.0. The van der Waals surface area contributed by atoms with Gasteiger partial charge in [0.2, 0.25) is 0 Å². The zero-order valence-corrected chi connectivity index (χ0v) is 42.8. The standard InChI is InChI=1S/C62H71BN2O/c1-17-36-30-37(56(3,4)5)18-21-46(36)64-48-28-35(2)29-49-52(48)63(55-53(64)38-31-40-43(34-50(38)66-55)61(14,15)25-22-58(40,8)9)45-20-19-39-51-54(45)65(49)47-33-42-41(59(10,11)23-24-60(42,12)13)32-44(47)62(51,16)27-26-57(39,6)7/h17-21,28-34H,1,22-27H2,2-16H3. The van der Waals surface area contributed by atoms with E-state index in [-0.39, 0.29) is 44.6 Å². The molecule has 0 saturated heterocycles. The van der Waals surface area contributed by atoms with Gasteiger partial charge in [0.25, 0.3) is 6.71 Å². The third kappa shape index (κ3) is 5.39. The van der Waals surface area contributed by atoms with Gasteiger partial charge in [-0.15, -0.1) is 0 Å². The fraction of sp³-hybridized carbons (Fsp3) is 0.452. The van der Waals surface area contributed by atoms with Crippen LogP contribution in [-0.2, 0) is 37.9 Å². The Bertz CT molecular complexity index is 3180. The van der Waals surface area contributed by atoms with Crippen LogP contribution in [0.25, 0.3) is 17.0 Å². The van der Waals surface area contributed by atoms with Gasteiger partial charge in [0.15, 0.2) is 0 Å². The number of benzene rings is 5. The zero-order chi connectivity index (χ0) is 46.8. The van der Waals surface area contributed by atoms with E-state index < -0.39 is 0 Å². The average Bonchev–Trinajstić information content (AvgIpc) is 3.62. The SMILES string of the molecule is C=Cc1cc(C(C)(C)C)ccc1N1c2cc(C)cc3c2B(c2ccc4c5c2N3c2cc3c(cc2C5(C)CCC4(C)C)C(C)(C)CCC3(C)C)c2oc3cc4c(cc3c21)C(C)(C)CCC4(C)C. The Morgan fingerprint density at radius 1 is 0.561 bits per heavy atom. The van der Waals surface area contributed by atoms with Gasteiger partial charge in [0, 0.05) is 27.9 Å². The summed E-state index contributed by atoms with van der Waals surface area (Å²) in [7, 11) is 0. The first-order valence-corrected chi connectivity index (χ1v) is 25.3. The van der Waals surface area contributed by atoms with Crippen LogP contribution in [0.1, 0.15) is 191 Å². The Balaban J connectivity index is 1.23. The zero-order valence-electron chi connectivity index (χ0n) is 42.8. The van der Waals surface area contributed by atoms with Crippen LogP contribution in [0.3, 0.4) is 0 Å². The van der Waals surface area contributed by atoms with E-state index in [4.69, 9.17) is 4.42 Å². The minimum atomic E-state index is -0.139. The minimum absolute atomic E-state index is 0.00668. The first-order chi connectivity index (χ1) is 30.8. The molecular weight excluding hydrogens is 800 g/mol. The fourth-order valence-electron chi connectivity index (χ4n) is 14.1. The van der Waals surface area contributed by atoms with Crippen LogP contribution >= 0.6 is 0 Å². The van der Waals surface area contributed by atoms with E-state index in [1.165, 1.54) is 102 Å². The molecule has 338 valence electrons. The number of fused-ring (bicyclic) bond motifs is 11. The molecule has 5 aromatic carbocycles. The molecule has 4 heteroatoms. The van der Waals surface area contributed by atoms with Gasteiger partial charge in [0.1, 0.15) is 5.58 Å². The van der Waals surface area contributed by atoms with Gasteiger partial charge < -0.3 is 14.2 Å². The Labute approximate surface area is 396 Å². The molecule has 0 N–H and O–H groups in total. The van der Waals surface area contributed by atoms with Gasteiger partial charge in [-0.25, -0.2) is 0 Å². The van der Waals surface area contributed by atoms with E-state index in [0.29, 0.717) is 0 Å². The number of rotatable bonds is 2. The van der Waals surface area contributed by atoms with Crippen molar-refractivity contribution in [3.63, 3.8) is 0 Å². The van der Waals surface area contributed by atoms with E-state index in [1.54, 1.807) is 5.56 Å². The molecule has 3 nitrogen and oxygen atoms in total. The first kappa shape index (κ1) is 42.4. The van der Waals surface area contributed by atoms with Crippen molar-refractivity contribution in [1.82, 2.24) is 0 Å². The molecule has 3 aliphatic heterocycles. The summed E-state index contributed by atoms with van der Waals surface area (Å²) in [5, 5.41) is 1.21.